The van der Waals surface area contributed by atoms with Crippen LogP contribution in [0.3, 0.4) is 0 Å². The molecular weight excluding hydrogens is 256 g/mol. The highest BCUT2D eigenvalue weighted by Crippen LogP contribution is 2.40. The maximum Gasteiger partial charge on any atom is 0.146 e. The van der Waals surface area contributed by atoms with Gasteiger partial charge in [0.05, 0.1) is 0 Å². The van der Waals surface area contributed by atoms with E-state index in [9.17, 15) is 0 Å². The fraction of sp³-hybridized carbons (Fsp3) is 0.789. The summed E-state index contributed by atoms with van der Waals surface area (Å²) in [5.41, 5.74) is 7.41. The van der Waals surface area contributed by atoms with E-state index in [1.54, 1.807) is 0 Å². The zero-order chi connectivity index (χ0) is 15.8. The van der Waals surface area contributed by atoms with Crippen molar-refractivity contribution in [3.05, 3.63) is 11.6 Å². The van der Waals surface area contributed by atoms with E-state index in [1.807, 2.05) is 0 Å². The van der Waals surface area contributed by atoms with Gasteiger partial charge in [0, 0.05) is 0 Å². The van der Waals surface area contributed by atoms with E-state index < -0.39 is 8.07 Å². The Morgan fingerprint density at radius 2 is 1.40 bits per heavy atom. The van der Waals surface area contributed by atoms with Crippen LogP contribution in [0.1, 0.15) is 81.1 Å². The summed E-state index contributed by atoms with van der Waals surface area (Å²) >= 11 is 0. The lowest BCUT2D eigenvalue weighted by atomic mass is 10.1. The van der Waals surface area contributed by atoms with Gasteiger partial charge in [-0.05, 0) is 35.0 Å². The SMILES string of the molecule is CCC/C=C(/C#C[Si](C(C)C)(C(C)C)C(C)C)CCC. The normalized spacial score (nSPS) is 13.1. The third kappa shape index (κ3) is 5.13. The quantitative estimate of drug-likeness (QED) is 0.360. The maximum absolute atomic E-state index is 3.85. The first-order valence-electron chi connectivity index (χ1n) is 8.54. The van der Waals surface area contributed by atoms with Crippen LogP contribution in [0.5, 0.6) is 0 Å². The molecule has 0 heterocycles. The molecule has 0 radical (unpaired) electrons. The van der Waals surface area contributed by atoms with Gasteiger partial charge in [-0.2, -0.15) is 0 Å². The summed E-state index contributed by atoms with van der Waals surface area (Å²) in [5, 5.41) is 0. The summed E-state index contributed by atoms with van der Waals surface area (Å²) in [6.45, 7) is 18.8. The van der Waals surface area contributed by atoms with E-state index in [1.165, 1.54) is 24.8 Å². The Kier molecular flexibility index (Phi) is 9.22. The second-order valence-electron chi connectivity index (χ2n) is 6.92. The first kappa shape index (κ1) is 19.5. The molecule has 0 unspecified atom stereocenters. The smallest absolute Gasteiger partial charge is 0.125 e. The topological polar surface area (TPSA) is 0 Å². The Bertz CT molecular complexity index is 328. The molecule has 20 heavy (non-hydrogen) atoms. The summed E-state index contributed by atoms with van der Waals surface area (Å²) < 4.78 is 0. The van der Waals surface area contributed by atoms with Crippen LogP contribution in [0.2, 0.25) is 16.6 Å². The van der Waals surface area contributed by atoms with E-state index >= 15 is 0 Å². The Hall–Kier alpha value is -0.483. The molecule has 0 amide bonds. The molecular formula is C19H36Si. The number of hydrogen-bond donors (Lipinski definition) is 0. The predicted molar refractivity (Wildman–Crippen MR) is 96.7 cm³/mol. The van der Waals surface area contributed by atoms with Crippen molar-refractivity contribution in [2.24, 2.45) is 0 Å². The molecule has 0 atom stereocenters. The minimum absolute atomic E-state index is 0.726. The van der Waals surface area contributed by atoms with Gasteiger partial charge in [-0.25, -0.2) is 0 Å². The van der Waals surface area contributed by atoms with Crippen molar-refractivity contribution in [2.75, 3.05) is 0 Å². The van der Waals surface area contributed by atoms with Crippen LogP contribution >= 0.6 is 0 Å². The standard InChI is InChI=1S/C19H36Si/c1-9-11-13-19(12-10-2)14-15-20(16(3)4,17(5)6)18(7)8/h13,16-18H,9-12H2,1-8H3/b19-13+. The molecule has 0 saturated heterocycles. The molecule has 0 N–H and O–H groups in total. The highest BCUT2D eigenvalue weighted by Gasteiger charge is 2.41. The number of hydrogen-bond acceptors (Lipinski definition) is 0. The van der Waals surface area contributed by atoms with E-state index in [4.69, 9.17) is 0 Å². The fourth-order valence-corrected chi connectivity index (χ4v) is 8.67. The molecule has 0 rings (SSSR count). The highest BCUT2D eigenvalue weighted by molar-refractivity contribution is 6.90. The van der Waals surface area contributed by atoms with Gasteiger partial charge in [-0.15, -0.1) is 5.54 Å². The van der Waals surface area contributed by atoms with Crippen LogP contribution in [-0.2, 0) is 0 Å². The third-order valence-corrected chi connectivity index (χ3v) is 10.8. The van der Waals surface area contributed by atoms with Gasteiger partial charge in [0.2, 0.25) is 0 Å². The predicted octanol–water partition coefficient (Wildman–Crippen LogP) is 6.73. The number of allylic oxidation sites excluding steroid dienone is 2. The average molecular weight is 293 g/mol. The Morgan fingerprint density at radius 1 is 0.900 bits per heavy atom. The van der Waals surface area contributed by atoms with Crippen molar-refractivity contribution in [1.82, 2.24) is 0 Å². The van der Waals surface area contributed by atoms with Crippen molar-refractivity contribution in [3.8, 4) is 11.5 Å². The van der Waals surface area contributed by atoms with Crippen LogP contribution < -0.4 is 0 Å². The monoisotopic (exact) mass is 292 g/mol. The van der Waals surface area contributed by atoms with Crippen molar-refractivity contribution < 1.29 is 0 Å². The van der Waals surface area contributed by atoms with Crippen molar-refractivity contribution >= 4 is 8.07 Å². The lowest BCUT2D eigenvalue weighted by Crippen LogP contribution is -2.43. The van der Waals surface area contributed by atoms with Gasteiger partial charge >= 0.3 is 0 Å². The van der Waals surface area contributed by atoms with Crippen LogP contribution in [0, 0.1) is 11.5 Å². The molecule has 0 aliphatic rings. The molecule has 0 aliphatic heterocycles. The second-order valence-corrected chi connectivity index (χ2v) is 12.5. The largest absolute Gasteiger partial charge is 0.146 e. The molecule has 0 aromatic carbocycles. The van der Waals surface area contributed by atoms with Gasteiger partial charge in [-0.1, -0.05) is 80.2 Å². The van der Waals surface area contributed by atoms with Crippen LogP contribution in [0.4, 0.5) is 0 Å². The van der Waals surface area contributed by atoms with Crippen LogP contribution in [0.15, 0.2) is 11.6 Å². The molecule has 0 bridgehead atoms. The number of unbranched alkanes of at least 4 members (excludes halogenated alkanes) is 1. The van der Waals surface area contributed by atoms with Gasteiger partial charge in [-0.3, -0.25) is 0 Å². The summed E-state index contributed by atoms with van der Waals surface area (Å²) in [5.74, 6) is 3.61. The van der Waals surface area contributed by atoms with Crippen molar-refractivity contribution in [3.63, 3.8) is 0 Å². The van der Waals surface area contributed by atoms with Crippen LogP contribution in [-0.4, -0.2) is 8.07 Å². The van der Waals surface area contributed by atoms with Gasteiger partial charge < -0.3 is 0 Å². The first-order valence-corrected chi connectivity index (χ1v) is 10.8. The van der Waals surface area contributed by atoms with E-state index in [-0.39, 0.29) is 0 Å². The van der Waals surface area contributed by atoms with Crippen molar-refractivity contribution in [2.45, 2.75) is 97.7 Å². The Labute approximate surface area is 129 Å². The molecule has 0 aromatic heterocycles. The van der Waals surface area contributed by atoms with Crippen molar-refractivity contribution in [1.29, 1.82) is 0 Å². The molecule has 0 nitrogen and oxygen atoms in total. The van der Waals surface area contributed by atoms with E-state index in [0.29, 0.717) is 0 Å². The zero-order valence-electron chi connectivity index (χ0n) is 15.1. The number of rotatable bonds is 7. The summed E-state index contributed by atoms with van der Waals surface area (Å²) in [6, 6.07) is 0. The van der Waals surface area contributed by atoms with E-state index in [2.05, 4.69) is 72.9 Å². The minimum Gasteiger partial charge on any atom is -0.125 e. The van der Waals surface area contributed by atoms with Crippen LogP contribution in [0.25, 0.3) is 0 Å². The van der Waals surface area contributed by atoms with Gasteiger partial charge in [0.1, 0.15) is 8.07 Å². The highest BCUT2D eigenvalue weighted by atomic mass is 28.3. The molecule has 0 aliphatic carbocycles. The Balaban J connectivity index is 5.50. The molecule has 0 aromatic rings. The summed E-state index contributed by atoms with van der Waals surface area (Å²) in [6.07, 6.45) is 7.10. The lowest BCUT2D eigenvalue weighted by molar-refractivity contribution is 0.838. The maximum atomic E-state index is 3.85. The minimum atomic E-state index is -1.56. The summed E-state index contributed by atoms with van der Waals surface area (Å²) in [4.78, 5) is 0. The second kappa shape index (κ2) is 9.45. The molecule has 0 saturated carbocycles. The molecule has 116 valence electrons. The first-order chi connectivity index (χ1) is 9.32. The Morgan fingerprint density at radius 3 is 1.75 bits per heavy atom. The fourth-order valence-electron chi connectivity index (χ4n) is 3.43. The lowest BCUT2D eigenvalue weighted by Gasteiger charge is -2.38. The zero-order valence-corrected chi connectivity index (χ0v) is 16.1. The summed E-state index contributed by atoms with van der Waals surface area (Å²) in [7, 11) is -1.56. The molecule has 0 fully saturated rings. The average Bonchev–Trinajstić information content (AvgIpc) is 2.35. The van der Waals surface area contributed by atoms with E-state index in [0.717, 1.165) is 23.0 Å². The van der Waals surface area contributed by atoms with Gasteiger partial charge in [0.15, 0.2) is 0 Å². The molecule has 0 spiro atoms. The third-order valence-electron chi connectivity index (χ3n) is 4.50. The van der Waals surface area contributed by atoms with Gasteiger partial charge in [0.25, 0.3) is 0 Å². The molecule has 1 heteroatoms.